The highest BCUT2D eigenvalue weighted by atomic mass is 16.3. The molecule has 0 aromatic heterocycles. The average molecular weight is 217 g/mol. The largest absolute Gasteiger partial charge is 0.394 e. The molecule has 0 amide bonds. The van der Waals surface area contributed by atoms with E-state index < -0.39 is 5.54 Å². The normalized spacial score (nSPS) is 12.0. The summed E-state index contributed by atoms with van der Waals surface area (Å²) in [7, 11) is 0. The quantitative estimate of drug-likeness (QED) is 0.488. The van der Waals surface area contributed by atoms with Crippen molar-refractivity contribution in [3.8, 4) is 0 Å². The van der Waals surface area contributed by atoms with Gasteiger partial charge in [-0.2, -0.15) is 0 Å². The minimum absolute atomic E-state index is 0.00889. The van der Waals surface area contributed by atoms with E-state index in [0.717, 1.165) is 19.4 Å². The Morgan fingerprint density at radius 2 is 1.53 bits per heavy atom. The second-order valence-corrected chi connectivity index (χ2v) is 4.29. The van der Waals surface area contributed by atoms with E-state index in [-0.39, 0.29) is 13.2 Å². The minimum Gasteiger partial charge on any atom is -0.394 e. The molecule has 0 aliphatic heterocycles. The number of aliphatic hydroxyl groups is 2. The summed E-state index contributed by atoms with van der Waals surface area (Å²) in [4.78, 5) is 0. The van der Waals surface area contributed by atoms with Crippen molar-refractivity contribution in [2.75, 3.05) is 19.8 Å². The summed E-state index contributed by atoms with van der Waals surface area (Å²) in [6.07, 6.45) is 6.97. The molecule has 0 heterocycles. The summed E-state index contributed by atoms with van der Waals surface area (Å²) < 4.78 is 0. The van der Waals surface area contributed by atoms with Crippen LogP contribution < -0.4 is 5.32 Å². The molecular formula is C12H27NO2. The van der Waals surface area contributed by atoms with Gasteiger partial charge >= 0.3 is 0 Å². The molecule has 15 heavy (non-hydrogen) atoms. The minimum atomic E-state index is -0.468. The standard InChI is InChI=1S/C12H27NO2/c1-3-5-6-7-8-9-13-12(4-2,10-14)11-15/h13-15H,3-11H2,1-2H3. The van der Waals surface area contributed by atoms with Crippen LogP contribution in [0.3, 0.4) is 0 Å². The number of rotatable bonds is 10. The zero-order chi connectivity index (χ0) is 11.6. The highest BCUT2D eigenvalue weighted by Crippen LogP contribution is 2.09. The number of hydrogen-bond donors (Lipinski definition) is 3. The van der Waals surface area contributed by atoms with Gasteiger partial charge in [-0.1, -0.05) is 39.5 Å². The van der Waals surface area contributed by atoms with Crippen LogP contribution in [0.1, 0.15) is 52.4 Å². The van der Waals surface area contributed by atoms with Crippen LogP contribution in [0.5, 0.6) is 0 Å². The Hall–Kier alpha value is -0.120. The monoisotopic (exact) mass is 217 g/mol. The fourth-order valence-corrected chi connectivity index (χ4v) is 1.59. The molecule has 3 heteroatoms. The van der Waals surface area contributed by atoms with Crippen LogP contribution in [0.15, 0.2) is 0 Å². The first-order chi connectivity index (χ1) is 7.24. The predicted molar refractivity (Wildman–Crippen MR) is 64.0 cm³/mol. The summed E-state index contributed by atoms with van der Waals surface area (Å²) in [5, 5.41) is 21.6. The molecule has 0 radical (unpaired) electrons. The summed E-state index contributed by atoms with van der Waals surface area (Å²) in [5.74, 6) is 0. The van der Waals surface area contributed by atoms with E-state index in [9.17, 15) is 10.2 Å². The SMILES string of the molecule is CCCCCCCNC(CC)(CO)CO. The Kier molecular flexibility index (Phi) is 9.06. The molecule has 0 bridgehead atoms. The number of unbranched alkanes of at least 4 members (excludes halogenated alkanes) is 4. The third-order valence-corrected chi connectivity index (χ3v) is 3.06. The maximum Gasteiger partial charge on any atom is 0.0645 e. The van der Waals surface area contributed by atoms with E-state index in [2.05, 4.69) is 12.2 Å². The molecule has 0 saturated heterocycles. The van der Waals surface area contributed by atoms with E-state index in [1.54, 1.807) is 0 Å². The van der Waals surface area contributed by atoms with Gasteiger partial charge in [0.25, 0.3) is 0 Å². The molecule has 0 spiro atoms. The van der Waals surface area contributed by atoms with E-state index in [0.29, 0.717) is 0 Å². The molecular weight excluding hydrogens is 190 g/mol. The number of nitrogens with one attached hydrogen (secondary N) is 1. The maximum absolute atomic E-state index is 9.19. The first kappa shape index (κ1) is 14.9. The van der Waals surface area contributed by atoms with Crippen molar-refractivity contribution >= 4 is 0 Å². The van der Waals surface area contributed by atoms with Crippen molar-refractivity contribution < 1.29 is 10.2 Å². The van der Waals surface area contributed by atoms with Crippen LogP contribution in [-0.4, -0.2) is 35.5 Å². The van der Waals surface area contributed by atoms with Gasteiger partial charge in [0.15, 0.2) is 0 Å². The van der Waals surface area contributed by atoms with E-state index >= 15 is 0 Å². The van der Waals surface area contributed by atoms with Crippen molar-refractivity contribution in [3.63, 3.8) is 0 Å². The van der Waals surface area contributed by atoms with Gasteiger partial charge in [-0.25, -0.2) is 0 Å². The summed E-state index contributed by atoms with van der Waals surface area (Å²) >= 11 is 0. The third kappa shape index (κ3) is 6.13. The van der Waals surface area contributed by atoms with E-state index in [1.807, 2.05) is 6.92 Å². The molecule has 0 fully saturated rings. The number of aliphatic hydroxyl groups excluding tert-OH is 2. The van der Waals surface area contributed by atoms with Gasteiger partial charge in [0, 0.05) is 0 Å². The lowest BCUT2D eigenvalue weighted by atomic mass is 9.98. The topological polar surface area (TPSA) is 52.5 Å². The molecule has 3 nitrogen and oxygen atoms in total. The fraction of sp³-hybridized carbons (Fsp3) is 1.00. The van der Waals surface area contributed by atoms with Crippen molar-refractivity contribution in [1.29, 1.82) is 0 Å². The van der Waals surface area contributed by atoms with Crippen LogP contribution in [0, 0.1) is 0 Å². The van der Waals surface area contributed by atoms with Gasteiger partial charge in [-0.05, 0) is 19.4 Å². The zero-order valence-electron chi connectivity index (χ0n) is 10.3. The Balaban J connectivity index is 3.54. The Morgan fingerprint density at radius 3 is 2.00 bits per heavy atom. The van der Waals surface area contributed by atoms with Gasteiger partial charge in [-0.15, -0.1) is 0 Å². The number of hydrogen-bond acceptors (Lipinski definition) is 3. The van der Waals surface area contributed by atoms with Crippen molar-refractivity contribution in [3.05, 3.63) is 0 Å². The molecule has 3 N–H and O–H groups in total. The smallest absolute Gasteiger partial charge is 0.0645 e. The van der Waals surface area contributed by atoms with Gasteiger partial charge in [0.05, 0.1) is 18.8 Å². The second kappa shape index (κ2) is 9.13. The summed E-state index contributed by atoms with van der Waals surface area (Å²) in [6.45, 7) is 5.09. The molecule has 0 atom stereocenters. The molecule has 0 aromatic rings. The first-order valence-corrected chi connectivity index (χ1v) is 6.21. The van der Waals surface area contributed by atoms with Crippen molar-refractivity contribution in [2.24, 2.45) is 0 Å². The fourth-order valence-electron chi connectivity index (χ4n) is 1.59. The molecule has 0 rings (SSSR count). The van der Waals surface area contributed by atoms with Crippen molar-refractivity contribution in [2.45, 2.75) is 57.9 Å². The highest BCUT2D eigenvalue weighted by molar-refractivity contribution is 4.84. The second-order valence-electron chi connectivity index (χ2n) is 4.29. The lowest BCUT2D eigenvalue weighted by Crippen LogP contribution is -2.51. The van der Waals surface area contributed by atoms with Gasteiger partial charge in [0.1, 0.15) is 0 Å². The highest BCUT2D eigenvalue weighted by Gasteiger charge is 2.24. The molecule has 0 aromatic carbocycles. The molecule has 0 aliphatic carbocycles. The Bertz CT molecular complexity index is 127. The summed E-state index contributed by atoms with van der Waals surface area (Å²) in [5.41, 5.74) is -0.468. The van der Waals surface area contributed by atoms with Crippen LogP contribution in [0.4, 0.5) is 0 Å². The van der Waals surface area contributed by atoms with Crippen LogP contribution >= 0.6 is 0 Å². The average Bonchev–Trinajstić information content (AvgIpc) is 2.29. The van der Waals surface area contributed by atoms with Crippen molar-refractivity contribution in [1.82, 2.24) is 5.32 Å². The van der Waals surface area contributed by atoms with Crippen LogP contribution in [0.25, 0.3) is 0 Å². The molecule has 92 valence electrons. The third-order valence-electron chi connectivity index (χ3n) is 3.06. The molecule has 0 aliphatic rings. The lowest BCUT2D eigenvalue weighted by molar-refractivity contribution is 0.0876. The zero-order valence-corrected chi connectivity index (χ0v) is 10.3. The van der Waals surface area contributed by atoms with Crippen LogP contribution in [0.2, 0.25) is 0 Å². The maximum atomic E-state index is 9.19. The Morgan fingerprint density at radius 1 is 0.933 bits per heavy atom. The lowest BCUT2D eigenvalue weighted by Gasteiger charge is -2.29. The van der Waals surface area contributed by atoms with Gasteiger partial charge in [0.2, 0.25) is 0 Å². The molecule has 0 unspecified atom stereocenters. The summed E-state index contributed by atoms with van der Waals surface area (Å²) in [6, 6.07) is 0. The van der Waals surface area contributed by atoms with Gasteiger partial charge in [-0.3, -0.25) is 0 Å². The van der Waals surface area contributed by atoms with E-state index in [4.69, 9.17) is 0 Å². The van der Waals surface area contributed by atoms with Gasteiger partial charge < -0.3 is 15.5 Å². The molecule has 0 saturated carbocycles. The van der Waals surface area contributed by atoms with Crippen LogP contribution in [-0.2, 0) is 0 Å². The predicted octanol–water partition coefficient (Wildman–Crippen LogP) is 1.68. The van der Waals surface area contributed by atoms with E-state index in [1.165, 1.54) is 25.7 Å². The first-order valence-electron chi connectivity index (χ1n) is 6.21. The Labute approximate surface area is 93.9 Å².